The Kier molecular flexibility index (Phi) is 5.29. The van der Waals surface area contributed by atoms with E-state index in [0.717, 1.165) is 27.6 Å². The molecule has 5 heteroatoms. The minimum Gasteiger partial charge on any atom is -0.445 e. The smallest absolute Gasteiger partial charge is 0.409 e. The van der Waals surface area contributed by atoms with Gasteiger partial charge in [0.15, 0.2) is 0 Å². The van der Waals surface area contributed by atoms with Gasteiger partial charge in [-0.3, -0.25) is 5.32 Å². The van der Waals surface area contributed by atoms with E-state index >= 15 is 0 Å². The summed E-state index contributed by atoms with van der Waals surface area (Å²) in [6.45, 7) is 2.20. The summed E-state index contributed by atoms with van der Waals surface area (Å²) in [5.41, 5.74) is 3.72. The molecule has 0 aliphatic heterocycles. The molecule has 0 unspecified atom stereocenters. The maximum Gasteiger partial charge on any atom is 0.409 e. The van der Waals surface area contributed by atoms with Crippen molar-refractivity contribution in [2.45, 2.75) is 19.7 Å². The molecule has 3 aromatic carbocycles. The third-order valence-corrected chi connectivity index (χ3v) is 4.87. The molecule has 1 atom stereocenters. The highest BCUT2D eigenvalue weighted by Crippen LogP contribution is 2.27. The van der Waals surface area contributed by atoms with Crippen LogP contribution in [0, 0.1) is 12.7 Å². The number of aromatic nitrogens is 1. The fourth-order valence-electron chi connectivity index (χ4n) is 3.43. The van der Waals surface area contributed by atoms with Crippen molar-refractivity contribution in [3.8, 4) is 0 Å². The van der Waals surface area contributed by atoms with Crippen LogP contribution in [0.2, 0.25) is 0 Å². The van der Waals surface area contributed by atoms with Crippen LogP contribution in [0.4, 0.5) is 9.18 Å². The van der Waals surface area contributed by atoms with Crippen LogP contribution >= 0.6 is 0 Å². The van der Waals surface area contributed by atoms with Crippen LogP contribution in [0.15, 0.2) is 85.1 Å². The highest BCUT2D eigenvalue weighted by atomic mass is 19.1. The van der Waals surface area contributed by atoms with Gasteiger partial charge in [0.2, 0.25) is 0 Å². The van der Waals surface area contributed by atoms with Crippen molar-refractivity contribution in [1.29, 1.82) is 0 Å². The Balaban J connectivity index is 1.63. The molecule has 0 aliphatic rings. The molecule has 0 saturated carbocycles. The number of amides is 1. The van der Waals surface area contributed by atoms with Crippen molar-refractivity contribution in [1.82, 2.24) is 9.88 Å². The van der Waals surface area contributed by atoms with E-state index in [-0.39, 0.29) is 12.4 Å². The maximum atomic E-state index is 13.5. The van der Waals surface area contributed by atoms with Crippen molar-refractivity contribution in [3.63, 3.8) is 0 Å². The lowest BCUT2D eigenvalue weighted by molar-refractivity contribution is 0.134. The second kappa shape index (κ2) is 8.19. The van der Waals surface area contributed by atoms with Crippen LogP contribution in [-0.4, -0.2) is 10.7 Å². The number of nitrogens with one attached hydrogen (secondary N) is 1. The third-order valence-electron chi connectivity index (χ3n) is 4.87. The molecule has 1 aromatic heterocycles. The number of para-hydroxylation sites is 1. The molecule has 4 aromatic rings. The highest BCUT2D eigenvalue weighted by molar-refractivity contribution is 5.84. The monoisotopic (exact) mass is 388 g/mol. The van der Waals surface area contributed by atoms with Gasteiger partial charge < -0.3 is 9.30 Å². The molecule has 1 heterocycles. The van der Waals surface area contributed by atoms with Crippen molar-refractivity contribution in [2.75, 3.05) is 0 Å². The number of aryl methyl sites for hydroxylation is 1. The Morgan fingerprint density at radius 1 is 1.00 bits per heavy atom. The molecular weight excluding hydrogens is 367 g/mol. The number of rotatable bonds is 5. The van der Waals surface area contributed by atoms with Gasteiger partial charge in [-0.2, -0.15) is 0 Å². The molecule has 0 saturated heterocycles. The average molecular weight is 388 g/mol. The molecule has 29 heavy (non-hydrogen) atoms. The fraction of sp³-hybridized carbons (Fsp3) is 0.125. The van der Waals surface area contributed by atoms with Crippen LogP contribution in [0.3, 0.4) is 0 Å². The first-order chi connectivity index (χ1) is 14.1. The summed E-state index contributed by atoms with van der Waals surface area (Å²) in [5, 5.41) is 4.02. The zero-order valence-electron chi connectivity index (χ0n) is 16.0. The number of carbonyl (C=O) groups is 1. The first-order valence-electron chi connectivity index (χ1n) is 9.40. The summed E-state index contributed by atoms with van der Waals surface area (Å²) in [4.78, 5) is 12.6. The second-order valence-electron chi connectivity index (χ2n) is 6.90. The second-order valence-corrected chi connectivity index (χ2v) is 6.90. The highest BCUT2D eigenvalue weighted by Gasteiger charge is 2.20. The quantitative estimate of drug-likeness (QED) is 0.486. The van der Waals surface area contributed by atoms with Gasteiger partial charge in [-0.25, -0.2) is 9.18 Å². The summed E-state index contributed by atoms with van der Waals surface area (Å²) < 4.78 is 20.8. The van der Waals surface area contributed by atoms with Crippen LogP contribution in [0.25, 0.3) is 10.9 Å². The predicted molar refractivity (Wildman–Crippen MR) is 111 cm³/mol. The predicted octanol–water partition coefficient (Wildman–Crippen LogP) is 5.56. The fourth-order valence-corrected chi connectivity index (χ4v) is 3.43. The van der Waals surface area contributed by atoms with E-state index in [1.165, 1.54) is 12.1 Å². The number of carbonyl (C=O) groups excluding carboxylic acids is 1. The molecule has 1 N–H and O–H groups in total. The number of benzene rings is 3. The van der Waals surface area contributed by atoms with Crippen molar-refractivity contribution >= 4 is 17.0 Å². The standard InChI is InChI=1S/C24H21FN2O2/c1-17-15-27(22-10-6-5-9-21(17)22)23(19-11-13-20(25)14-12-19)26-24(28)29-16-18-7-3-2-4-8-18/h2-15,23H,16H2,1H3,(H,26,28)/t23-/m1/s1. The summed E-state index contributed by atoms with van der Waals surface area (Å²) in [7, 11) is 0. The number of ether oxygens (including phenoxy) is 1. The van der Waals surface area contributed by atoms with Gasteiger partial charge in [-0.1, -0.05) is 60.7 Å². The van der Waals surface area contributed by atoms with Crippen molar-refractivity contribution in [2.24, 2.45) is 0 Å². The van der Waals surface area contributed by atoms with E-state index in [2.05, 4.69) is 5.32 Å². The number of hydrogen-bond donors (Lipinski definition) is 1. The molecule has 0 bridgehead atoms. The zero-order valence-corrected chi connectivity index (χ0v) is 16.0. The van der Waals surface area contributed by atoms with Gasteiger partial charge in [0.05, 0.1) is 5.52 Å². The molecule has 0 aliphatic carbocycles. The maximum absolute atomic E-state index is 13.5. The first-order valence-corrected chi connectivity index (χ1v) is 9.40. The lowest BCUT2D eigenvalue weighted by Crippen LogP contribution is -2.33. The Labute approximate surface area is 168 Å². The number of nitrogens with zero attached hydrogens (tertiary/aromatic N) is 1. The Hall–Kier alpha value is -3.60. The van der Waals surface area contributed by atoms with Gasteiger partial charge in [0.25, 0.3) is 0 Å². The number of hydrogen-bond acceptors (Lipinski definition) is 2. The lowest BCUT2D eigenvalue weighted by atomic mass is 10.1. The largest absolute Gasteiger partial charge is 0.445 e. The van der Waals surface area contributed by atoms with Crippen LogP contribution < -0.4 is 5.32 Å². The zero-order chi connectivity index (χ0) is 20.2. The minimum atomic E-state index is -0.543. The van der Waals surface area contributed by atoms with Crippen molar-refractivity contribution < 1.29 is 13.9 Å². The Bertz CT molecular complexity index is 1120. The van der Waals surface area contributed by atoms with E-state index in [9.17, 15) is 9.18 Å². The molecule has 0 radical (unpaired) electrons. The summed E-state index contributed by atoms with van der Waals surface area (Å²) >= 11 is 0. The number of halogens is 1. The summed E-state index contributed by atoms with van der Waals surface area (Å²) in [6, 6.07) is 23.6. The van der Waals surface area contributed by atoms with E-state index < -0.39 is 12.3 Å². The molecule has 1 amide bonds. The molecular formula is C24H21FN2O2. The SMILES string of the molecule is Cc1cn([C@@H](NC(=O)OCc2ccccc2)c2ccc(F)cc2)c2ccccc12. The summed E-state index contributed by atoms with van der Waals surface area (Å²) in [5.74, 6) is -0.326. The minimum absolute atomic E-state index is 0.175. The van der Waals surface area contributed by atoms with E-state index in [4.69, 9.17) is 4.74 Å². The van der Waals surface area contributed by atoms with E-state index in [1.807, 2.05) is 72.3 Å². The van der Waals surface area contributed by atoms with E-state index in [1.54, 1.807) is 12.1 Å². The Morgan fingerprint density at radius 3 is 2.45 bits per heavy atom. The topological polar surface area (TPSA) is 43.3 Å². The average Bonchev–Trinajstić information content (AvgIpc) is 3.09. The van der Waals surface area contributed by atoms with Gasteiger partial charge in [0.1, 0.15) is 18.6 Å². The lowest BCUT2D eigenvalue weighted by Gasteiger charge is -2.22. The normalized spacial score (nSPS) is 11.9. The molecule has 0 spiro atoms. The third kappa shape index (κ3) is 4.14. The first kappa shape index (κ1) is 18.7. The van der Waals surface area contributed by atoms with Gasteiger partial charge in [0, 0.05) is 11.6 Å². The summed E-state index contributed by atoms with van der Waals surface area (Å²) in [6.07, 6.45) is 0.909. The Morgan fingerprint density at radius 2 is 1.69 bits per heavy atom. The van der Waals surface area contributed by atoms with Gasteiger partial charge in [-0.15, -0.1) is 0 Å². The molecule has 4 nitrogen and oxygen atoms in total. The van der Waals surface area contributed by atoms with Crippen molar-refractivity contribution in [3.05, 3.63) is 108 Å². The number of alkyl carbamates (subject to hydrolysis) is 1. The molecule has 146 valence electrons. The number of fused-ring (bicyclic) bond motifs is 1. The van der Waals surface area contributed by atoms with Gasteiger partial charge >= 0.3 is 6.09 Å². The molecule has 0 fully saturated rings. The van der Waals surface area contributed by atoms with Crippen LogP contribution in [-0.2, 0) is 11.3 Å². The van der Waals surface area contributed by atoms with E-state index in [0.29, 0.717) is 0 Å². The van der Waals surface area contributed by atoms with Gasteiger partial charge in [-0.05, 0) is 41.8 Å². The van der Waals surface area contributed by atoms with Crippen LogP contribution in [0.5, 0.6) is 0 Å². The molecule has 4 rings (SSSR count). The van der Waals surface area contributed by atoms with Crippen LogP contribution in [0.1, 0.15) is 22.9 Å².